The van der Waals surface area contributed by atoms with Crippen LogP contribution >= 0.6 is 45.3 Å². The second kappa shape index (κ2) is 25.1. The van der Waals surface area contributed by atoms with Gasteiger partial charge in [0.2, 0.25) is 0 Å². The van der Waals surface area contributed by atoms with Gasteiger partial charge in [0, 0.05) is 28.9 Å². The number of rotatable bonds is 30. The number of hydrogen-bond donors (Lipinski definition) is 0. The summed E-state index contributed by atoms with van der Waals surface area (Å²) in [5, 5.41) is 4.54. The summed E-state index contributed by atoms with van der Waals surface area (Å²) in [5.74, 6) is 0. The number of thiophene rings is 4. The predicted molar refractivity (Wildman–Crippen MR) is 225 cm³/mol. The molecule has 0 bridgehead atoms. The average molecular weight is 725 g/mol. The minimum absolute atomic E-state index is 1.24. The fourth-order valence-electron chi connectivity index (χ4n) is 7.33. The minimum atomic E-state index is 1.24. The molecular formula is C44H68S4. The Morgan fingerprint density at radius 2 is 0.667 bits per heavy atom. The maximum atomic E-state index is 2.36. The molecule has 0 nitrogen and oxygen atoms in total. The Bertz CT molecular complexity index is 1200. The summed E-state index contributed by atoms with van der Waals surface area (Å²) in [5.41, 5.74) is 3.33. The molecule has 0 fully saturated rings. The van der Waals surface area contributed by atoms with Crippen LogP contribution in [-0.4, -0.2) is 0 Å². The zero-order valence-electron chi connectivity index (χ0n) is 30.9. The van der Waals surface area contributed by atoms with Crippen molar-refractivity contribution < 1.29 is 0 Å². The predicted octanol–water partition coefficient (Wildman–Crippen LogP) is 17.7. The van der Waals surface area contributed by atoms with E-state index in [-0.39, 0.29) is 0 Å². The van der Waals surface area contributed by atoms with Gasteiger partial charge in [-0.1, -0.05) is 180 Å². The smallest absolute Gasteiger partial charge is 0.0499 e. The summed E-state index contributed by atoms with van der Waals surface area (Å²) in [6, 6.07) is 9.21. The molecule has 0 spiro atoms. The molecule has 0 aliphatic heterocycles. The molecule has 4 rings (SSSR count). The summed E-state index contributed by atoms with van der Waals surface area (Å²) < 4.78 is 3.24. The molecule has 4 aromatic heterocycles. The number of hydrogen-bond acceptors (Lipinski definition) is 4. The monoisotopic (exact) mass is 724 g/mol. The van der Waals surface area contributed by atoms with Crippen LogP contribution in [0.15, 0.2) is 35.0 Å². The van der Waals surface area contributed by atoms with Crippen LogP contribution in [0.1, 0.15) is 192 Å². The van der Waals surface area contributed by atoms with Crippen molar-refractivity contribution in [3.8, 4) is 19.5 Å². The van der Waals surface area contributed by atoms with Crippen LogP contribution < -0.4 is 0 Å². The largest absolute Gasteiger partial charge is 0.143 e. The standard InChI is InChI=1S/C44H68S4/c1-3-5-7-9-11-13-15-17-19-21-23-25-27-31-37-41(39-33-29-35-45-39)47-44-38(42(48-43(37)44)40-34-30-36-46-40)32-28-26-24-22-20-18-16-14-12-10-8-6-4-2/h29-30,33-36H,3-28,31-32H2,1-2H3. The van der Waals surface area contributed by atoms with E-state index in [9.17, 15) is 0 Å². The number of fused-ring (bicyclic) bond motifs is 1. The lowest BCUT2D eigenvalue weighted by molar-refractivity contribution is 0.539. The van der Waals surface area contributed by atoms with Gasteiger partial charge in [0.05, 0.1) is 0 Å². The zero-order chi connectivity index (χ0) is 33.5. The van der Waals surface area contributed by atoms with E-state index in [0.717, 1.165) is 0 Å². The highest BCUT2D eigenvalue weighted by Crippen LogP contribution is 2.50. The van der Waals surface area contributed by atoms with Crippen molar-refractivity contribution >= 4 is 54.7 Å². The van der Waals surface area contributed by atoms with E-state index in [1.165, 1.54) is 190 Å². The Balaban J connectivity index is 1.25. The van der Waals surface area contributed by atoms with Crippen LogP contribution in [0.25, 0.3) is 28.9 Å². The van der Waals surface area contributed by atoms with Crippen LogP contribution in [-0.2, 0) is 12.8 Å². The SMILES string of the molecule is CCCCCCCCCCCCCCCc1c(-c2cccs2)sc2c(CCCCCCCCCCCCCCC)c(-c3cccs3)sc12. The molecule has 0 aliphatic carbocycles. The number of unbranched alkanes of at least 4 members (excludes halogenated alkanes) is 24. The van der Waals surface area contributed by atoms with Crippen LogP contribution in [0.2, 0.25) is 0 Å². The highest BCUT2D eigenvalue weighted by Gasteiger charge is 2.23. The molecule has 48 heavy (non-hydrogen) atoms. The van der Waals surface area contributed by atoms with Crippen molar-refractivity contribution in [2.75, 3.05) is 0 Å². The molecule has 268 valence electrons. The van der Waals surface area contributed by atoms with Crippen molar-refractivity contribution in [2.45, 2.75) is 194 Å². The second-order valence-electron chi connectivity index (χ2n) is 14.4. The quantitative estimate of drug-likeness (QED) is 0.0470. The van der Waals surface area contributed by atoms with Gasteiger partial charge in [-0.05, 0) is 59.7 Å². The van der Waals surface area contributed by atoms with Gasteiger partial charge in [-0.3, -0.25) is 0 Å². The lowest BCUT2D eigenvalue weighted by Crippen LogP contribution is -1.87. The lowest BCUT2D eigenvalue weighted by Gasteiger charge is -2.06. The van der Waals surface area contributed by atoms with Crippen LogP contribution in [0.5, 0.6) is 0 Å². The summed E-state index contributed by atoms with van der Waals surface area (Å²) >= 11 is 8.11. The van der Waals surface area contributed by atoms with Crippen molar-refractivity contribution in [1.29, 1.82) is 0 Å². The summed E-state index contributed by atoms with van der Waals surface area (Å²) in [6.45, 7) is 4.62. The van der Waals surface area contributed by atoms with Gasteiger partial charge in [0.15, 0.2) is 0 Å². The van der Waals surface area contributed by atoms with Gasteiger partial charge in [0.25, 0.3) is 0 Å². The topological polar surface area (TPSA) is 0 Å². The first-order valence-corrected chi connectivity index (χ1v) is 23.9. The summed E-state index contributed by atoms with van der Waals surface area (Å²) in [4.78, 5) is 6.12. The average Bonchev–Trinajstić information content (AvgIpc) is 3.92. The Kier molecular flexibility index (Phi) is 20.8. The molecule has 4 aromatic rings. The maximum absolute atomic E-state index is 2.36. The Labute approximate surface area is 312 Å². The lowest BCUT2D eigenvalue weighted by atomic mass is 10.0. The normalized spacial score (nSPS) is 11.8. The maximum Gasteiger partial charge on any atom is 0.0499 e. The van der Waals surface area contributed by atoms with E-state index in [0.29, 0.717) is 0 Å². The third kappa shape index (κ3) is 14.0. The van der Waals surface area contributed by atoms with Gasteiger partial charge < -0.3 is 0 Å². The molecule has 0 amide bonds. The fraction of sp³-hybridized carbons (Fsp3) is 0.682. The van der Waals surface area contributed by atoms with Crippen molar-refractivity contribution in [3.63, 3.8) is 0 Å². The summed E-state index contributed by atoms with van der Waals surface area (Å²) in [7, 11) is 0. The van der Waals surface area contributed by atoms with Crippen LogP contribution in [0.3, 0.4) is 0 Å². The van der Waals surface area contributed by atoms with E-state index >= 15 is 0 Å². The minimum Gasteiger partial charge on any atom is -0.143 e. The first-order chi connectivity index (χ1) is 23.8. The third-order valence-corrected chi connectivity index (χ3v) is 15.1. The van der Waals surface area contributed by atoms with Gasteiger partial charge in [0.1, 0.15) is 0 Å². The van der Waals surface area contributed by atoms with Crippen molar-refractivity contribution in [3.05, 3.63) is 46.2 Å². The van der Waals surface area contributed by atoms with E-state index in [4.69, 9.17) is 0 Å². The van der Waals surface area contributed by atoms with Gasteiger partial charge >= 0.3 is 0 Å². The number of aryl methyl sites for hydroxylation is 2. The van der Waals surface area contributed by atoms with E-state index < -0.39 is 0 Å². The Hall–Kier alpha value is -0.940. The molecule has 0 unspecified atom stereocenters. The molecule has 0 N–H and O–H groups in total. The molecule has 0 saturated heterocycles. The van der Waals surface area contributed by atoms with Crippen molar-refractivity contribution in [2.24, 2.45) is 0 Å². The Morgan fingerprint density at radius 1 is 0.375 bits per heavy atom. The summed E-state index contributed by atoms with van der Waals surface area (Å²) in [6.07, 6.45) is 39.5. The Morgan fingerprint density at radius 3 is 0.938 bits per heavy atom. The first kappa shape index (κ1) is 39.8. The molecule has 4 heterocycles. The van der Waals surface area contributed by atoms with Crippen molar-refractivity contribution in [1.82, 2.24) is 0 Å². The molecule has 0 aromatic carbocycles. The molecular weight excluding hydrogens is 657 g/mol. The molecule has 4 heteroatoms. The molecule has 0 atom stereocenters. The van der Waals surface area contributed by atoms with E-state index in [1.54, 1.807) is 30.3 Å². The van der Waals surface area contributed by atoms with Gasteiger partial charge in [-0.25, -0.2) is 0 Å². The van der Waals surface area contributed by atoms with Gasteiger partial charge in [-0.15, -0.1) is 45.3 Å². The zero-order valence-corrected chi connectivity index (χ0v) is 34.2. The first-order valence-electron chi connectivity index (χ1n) is 20.5. The van der Waals surface area contributed by atoms with Gasteiger partial charge in [-0.2, -0.15) is 0 Å². The third-order valence-electron chi connectivity index (χ3n) is 10.3. The van der Waals surface area contributed by atoms with Crippen LogP contribution in [0, 0.1) is 0 Å². The fourth-order valence-corrected chi connectivity index (χ4v) is 12.1. The highest BCUT2D eigenvalue weighted by molar-refractivity contribution is 7.33. The molecule has 0 radical (unpaired) electrons. The van der Waals surface area contributed by atoms with E-state index in [1.807, 2.05) is 22.7 Å². The van der Waals surface area contributed by atoms with Crippen LogP contribution in [0.4, 0.5) is 0 Å². The van der Waals surface area contributed by atoms with E-state index in [2.05, 4.69) is 71.5 Å². The molecule has 0 aliphatic rings. The highest BCUT2D eigenvalue weighted by atomic mass is 32.1. The molecule has 0 saturated carbocycles. The second-order valence-corrected chi connectivity index (χ2v) is 18.4.